The minimum atomic E-state index is -0.501. The normalized spacial score (nSPS) is 14.2. The van der Waals surface area contributed by atoms with Gasteiger partial charge in [0.25, 0.3) is 0 Å². The topological polar surface area (TPSA) is 12.9 Å². The molecule has 0 aliphatic rings. The van der Waals surface area contributed by atoms with Gasteiger partial charge in [0, 0.05) is 23.4 Å². The zero-order valence-electron chi connectivity index (χ0n) is 9.78. The number of alkyl halides is 1. The second-order valence-corrected chi connectivity index (χ2v) is 4.97. The van der Waals surface area contributed by atoms with E-state index in [1.807, 2.05) is 25.1 Å². The monoisotopic (exact) mass is 283 g/mol. The Labute approximate surface area is 116 Å². The van der Waals surface area contributed by atoms with Gasteiger partial charge in [0.15, 0.2) is 0 Å². The summed E-state index contributed by atoms with van der Waals surface area (Å²) in [6.45, 7) is 1.92. The number of pyridine rings is 1. The van der Waals surface area contributed by atoms with E-state index in [0.29, 0.717) is 5.56 Å². The Kier molecular flexibility index (Phi) is 4.20. The predicted octanol–water partition coefficient (Wildman–Crippen LogP) is 4.96. The van der Waals surface area contributed by atoms with Crippen LogP contribution in [0.15, 0.2) is 42.6 Å². The molecule has 0 amide bonds. The summed E-state index contributed by atoms with van der Waals surface area (Å²) in [6, 6.07) is 10.5. The van der Waals surface area contributed by atoms with Crippen LogP contribution < -0.4 is 0 Å². The van der Waals surface area contributed by atoms with Crippen molar-refractivity contribution in [2.75, 3.05) is 0 Å². The van der Waals surface area contributed by atoms with Crippen molar-refractivity contribution in [1.82, 2.24) is 4.98 Å². The molecule has 0 bridgehead atoms. The predicted molar refractivity (Wildman–Crippen MR) is 72.7 cm³/mol. The summed E-state index contributed by atoms with van der Waals surface area (Å²) >= 11 is 12.1. The summed E-state index contributed by atoms with van der Waals surface area (Å²) < 4.78 is 13.9. The number of halogens is 3. The summed E-state index contributed by atoms with van der Waals surface area (Å²) in [4.78, 5) is 4.24. The lowest BCUT2D eigenvalue weighted by Crippen LogP contribution is -2.06. The van der Waals surface area contributed by atoms with Gasteiger partial charge in [-0.15, -0.1) is 11.6 Å². The van der Waals surface area contributed by atoms with Gasteiger partial charge in [-0.3, -0.25) is 4.98 Å². The van der Waals surface area contributed by atoms with E-state index >= 15 is 0 Å². The minimum Gasteiger partial charge on any atom is -0.261 e. The van der Waals surface area contributed by atoms with Crippen LogP contribution in [0.25, 0.3) is 0 Å². The first-order valence-electron chi connectivity index (χ1n) is 5.60. The lowest BCUT2D eigenvalue weighted by atomic mass is 9.96. The van der Waals surface area contributed by atoms with Crippen LogP contribution in [0.5, 0.6) is 0 Å². The molecule has 0 spiro atoms. The molecule has 1 heterocycles. The standard InChI is InChI=1S/C14H12Cl2FN/c1-9(12-7-2-3-8-18-12)13(16)10-5-4-6-11(15)14(10)17/h2-9,13H,1H3. The molecule has 0 N–H and O–H groups in total. The molecule has 2 aromatic rings. The molecule has 0 aliphatic heterocycles. The third-order valence-corrected chi connectivity index (χ3v) is 3.78. The Morgan fingerprint density at radius 2 is 1.94 bits per heavy atom. The Morgan fingerprint density at radius 1 is 1.17 bits per heavy atom. The van der Waals surface area contributed by atoms with Crippen LogP contribution in [-0.2, 0) is 0 Å². The fourth-order valence-electron chi connectivity index (χ4n) is 1.80. The molecule has 1 aromatic heterocycles. The second-order valence-electron chi connectivity index (χ2n) is 4.09. The van der Waals surface area contributed by atoms with Gasteiger partial charge in [0.1, 0.15) is 5.82 Å². The number of hydrogen-bond acceptors (Lipinski definition) is 1. The van der Waals surface area contributed by atoms with E-state index in [1.165, 1.54) is 6.07 Å². The Hall–Kier alpha value is -1.12. The van der Waals surface area contributed by atoms with Gasteiger partial charge in [-0.1, -0.05) is 36.7 Å². The molecule has 2 unspecified atom stereocenters. The molecular formula is C14H12Cl2FN. The second kappa shape index (κ2) is 5.68. The summed E-state index contributed by atoms with van der Waals surface area (Å²) in [6.07, 6.45) is 1.70. The van der Waals surface area contributed by atoms with E-state index < -0.39 is 11.2 Å². The molecule has 4 heteroatoms. The highest BCUT2D eigenvalue weighted by molar-refractivity contribution is 6.31. The molecule has 0 saturated carbocycles. The molecule has 0 fully saturated rings. The van der Waals surface area contributed by atoms with Gasteiger partial charge < -0.3 is 0 Å². The van der Waals surface area contributed by atoms with Crippen LogP contribution in [-0.4, -0.2) is 4.98 Å². The van der Waals surface area contributed by atoms with Crippen LogP contribution in [0.4, 0.5) is 4.39 Å². The van der Waals surface area contributed by atoms with Crippen molar-refractivity contribution in [3.63, 3.8) is 0 Å². The van der Waals surface area contributed by atoms with E-state index in [4.69, 9.17) is 23.2 Å². The van der Waals surface area contributed by atoms with Crippen molar-refractivity contribution in [3.8, 4) is 0 Å². The fraction of sp³-hybridized carbons (Fsp3) is 0.214. The summed E-state index contributed by atoms with van der Waals surface area (Å²) in [5.41, 5.74) is 1.24. The van der Waals surface area contributed by atoms with E-state index in [9.17, 15) is 4.39 Å². The highest BCUT2D eigenvalue weighted by atomic mass is 35.5. The van der Waals surface area contributed by atoms with Crippen LogP contribution in [0.3, 0.4) is 0 Å². The first kappa shape index (κ1) is 13.3. The van der Waals surface area contributed by atoms with Gasteiger partial charge >= 0.3 is 0 Å². The van der Waals surface area contributed by atoms with Crippen LogP contribution in [0.1, 0.15) is 29.5 Å². The Morgan fingerprint density at radius 3 is 2.61 bits per heavy atom. The van der Waals surface area contributed by atoms with Crippen molar-refractivity contribution < 1.29 is 4.39 Å². The SMILES string of the molecule is CC(c1ccccn1)C(Cl)c1cccc(Cl)c1F. The molecule has 1 nitrogen and oxygen atoms in total. The van der Waals surface area contributed by atoms with Gasteiger partial charge in [-0.2, -0.15) is 0 Å². The molecule has 2 atom stereocenters. The fourth-order valence-corrected chi connectivity index (χ4v) is 2.28. The van der Waals surface area contributed by atoms with Crippen molar-refractivity contribution in [2.24, 2.45) is 0 Å². The molecule has 0 saturated heterocycles. The highest BCUT2D eigenvalue weighted by Gasteiger charge is 2.23. The van der Waals surface area contributed by atoms with Gasteiger partial charge in [0.05, 0.1) is 10.4 Å². The summed E-state index contributed by atoms with van der Waals surface area (Å²) in [7, 11) is 0. The van der Waals surface area contributed by atoms with Crippen molar-refractivity contribution >= 4 is 23.2 Å². The van der Waals surface area contributed by atoms with Crippen LogP contribution in [0, 0.1) is 5.82 Å². The van der Waals surface area contributed by atoms with E-state index in [2.05, 4.69) is 4.98 Å². The average Bonchev–Trinajstić information content (AvgIpc) is 2.41. The lowest BCUT2D eigenvalue weighted by molar-refractivity contribution is 0.589. The molecule has 0 aliphatic carbocycles. The zero-order chi connectivity index (χ0) is 13.1. The number of hydrogen-bond donors (Lipinski definition) is 0. The smallest absolute Gasteiger partial charge is 0.146 e. The number of aromatic nitrogens is 1. The number of nitrogens with zero attached hydrogens (tertiary/aromatic N) is 1. The Bertz CT molecular complexity index is 531. The third kappa shape index (κ3) is 2.65. The van der Waals surface area contributed by atoms with Crippen LogP contribution >= 0.6 is 23.2 Å². The van der Waals surface area contributed by atoms with Crippen molar-refractivity contribution in [3.05, 3.63) is 64.7 Å². The summed E-state index contributed by atoms with van der Waals surface area (Å²) in [5, 5.41) is -0.412. The average molecular weight is 284 g/mol. The molecule has 94 valence electrons. The molecule has 1 aromatic carbocycles. The number of benzene rings is 1. The molecule has 18 heavy (non-hydrogen) atoms. The largest absolute Gasteiger partial charge is 0.261 e. The first-order valence-corrected chi connectivity index (χ1v) is 6.41. The van der Waals surface area contributed by atoms with Crippen LogP contribution in [0.2, 0.25) is 5.02 Å². The lowest BCUT2D eigenvalue weighted by Gasteiger charge is -2.18. The number of rotatable bonds is 3. The zero-order valence-corrected chi connectivity index (χ0v) is 11.3. The summed E-state index contributed by atoms with van der Waals surface area (Å²) in [5.74, 6) is -0.553. The molecule has 0 radical (unpaired) electrons. The van der Waals surface area contributed by atoms with Gasteiger partial charge in [-0.25, -0.2) is 4.39 Å². The Balaban J connectivity index is 2.31. The molecule has 2 rings (SSSR count). The maximum Gasteiger partial charge on any atom is 0.146 e. The van der Waals surface area contributed by atoms with E-state index in [0.717, 1.165) is 5.69 Å². The van der Waals surface area contributed by atoms with E-state index in [-0.39, 0.29) is 10.9 Å². The van der Waals surface area contributed by atoms with Crippen molar-refractivity contribution in [1.29, 1.82) is 0 Å². The highest BCUT2D eigenvalue weighted by Crippen LogP contribution is 2.37. The van der Waals surface area contributed by atoms with Gasteiger partial charge in [0.2, 0.25) is 0 Å². The quantitative estimate of drug-likeness (QED) is 0.726. The van der Waals surface area contributed by atoms with Gasteiger partial charge in [-0.05, 0) is 18.2 Å². The first-order chi connectivity index (χ1) is 8.61. The maximum absolute atomic E-state index is 13.9. The molecular weight excluding hydrogens is 272 g/mol. The van der Waals surface area contributed by atoms with E-state index in [1.54, 1.807) is 18.3 Å². The minimum absolute atomic E-state index is 0.0892. The maximum atomic E-state index is 13.9. The third-order valence-electron chi connectivity index (χ3n) is 2.87. The van der Waals surface area contributed by atoms with Crippen molar-refractivity contribution in [2.45, 2.75) is 18.2 Å².